The number of nitrogens with zero attached hydrogens (tertiary/aromatic N) is 2. The second-order valence-corrected chi connectivity index (χ2v) is 10.6. The molecule has 3 aromatic rings. The molecule has 0 saturated carbocycles. The van der Waals surface area contributed by atoms with Gasteiger partial charge in [0.1, 0.15) is 0 Å². The van der Waals surface area contributed by atoms with E-state index in [2.05, 4.69) is 15.6 Å². The molecule has 0 radical (unpaired) electrons. The van der Waals surface area contributed by atoms with Crippen LogP contribution in [0.15, 0.2) is 53.9 Å². The highest BCUT2D eigenvalue weighted by atomic mass is 32.1. The fourth-order valence-corrected chi connectivity index (χ4v) is 5.37. The summed E-state index contributed by atoms with van der Waals surface area (Å²) in [6.07, 6.45) is 0.698. The van der Waals surface area contributed by atoms with E-state index in [1.807, 2.05) is 54.8 Å². The minimum Gasteiger partial charge on any atom is -0.369 e. The first-order valence-corrected chi connectivity index (χ1v) is 13.4. The van der Waals surface area contributed by atoms with Crippen molar-refractivity contribution in [3.05, 3.63) is 75.7 Å². The van der Waals surface area contributed by atoms with Crippen LogP contribution in [0.5, 0.6) is 0 Å². The summed E-state index contributed by atoms with van der Waals surface area (Å²) in [6, 6.07) is 15.2. The average molecular weight is 519 g/mol. The predicted molar refractivity (Wildman–Crippen MR) is 141 cm³/mol. The molecule has 9 heteroatoms. The number of amides is 3. The van der Waals surface area contributed by atoms with Crippen LogP contribution in [0.2, 0.25) is 0 Å². The fraction of sp³-hybridized carbons (Fsp3) is 0.357. The Kier molecular flexibility index (Phi) is 7.62. The zero-order valence-electron chi connectivity index (χ0n) is 20.7. The number of fused-ring (bicyclic) bond motifs is 6. The first-order chi connectivity index (χ1) is 17.9. The standard InChI is InChI=1S/C28H30N4O4S/c1-18-30-23(17-37-18)13-27(34)32-14-24-25(15-32)36-16-19-5-2-6-20(11-19)21-7-3-8-22(12-21)28(35)29-10-4-9-26(33)31-24/h2-3,5-8,11-12,17,24-25H,4,9-10,13-16H2,1H3,(H,29,35)(H,31,33)/t24-,25-/m0/s1. The van der Waals surface area contributed by atoms with E-state index >= 15 is 0 Å². The highest BCUT2D eigenvalue weighted by molar-refractivity contribution is 7.09. The Balaban J connectivity index is 1.35. The summed E-state index contributed by atoms with van der Waals surface area (Å²) >= 11 is 1.53. The molecule has 2 aromatic carbocycles. The van der Waals surface area contributed by atoms with Crippen molar-refractivity contribution in [3.63, 3.8) is 0 Å². The van der Waals surface area contributed by atoms with E-state index in [0.717, 1.165) is 27.4 Å². The Bertz CT molecular complexity index is 1310. The molecule has 1 fully saturated rings. The number of benzene rings is 2. The zero-order chi connectivity index (χ0) is 25.8. The van der Waals surface area contributed by atoms with E-state index in [4.69, 9.17) is 4.74 Å². The van der Waals surface area contributed by atoms with Crippen molar-refractivity contribution in [1.29, 1.82) is 0 Å². The lowest BCUT2D eigenvalue weighted by atomic mass is 10.0. The van der Waals surface area contributed by atoms with Crippen molar-refractivity contribution in [2.45, 2.75) is 44.9 Å². The quantitative estimate of drug-likeness (QED) is 0.543. The minimum atomic E-state index is -0.326. The fourth-order valence-electron chi connectivity index (χ4n) is 4.76. The van der Waals surface area contributed by atoms with Crippen LogP contribution >= 0.6 is 11.3 Å². The second-order valence-electron chi connectivity index (χ2n) is 9.50. The molecule has 2 aliphatic heterocycles. The molecular formula is C28H30N4O4S. The first-order valence-electron chi connectivity index (χ1n) is 12.5. The van der Waals surface area contributed by atoms with Gasteiger partial charge in [0.15, 0.2) is 0 Å². The SMILES string of the molecule is Cc1nc(CC(=O)N2C[C@@H]3NC(=O)CCCNC(=O)c4cccc(c4)-c4cccc(c4)CO[C@H]3C2)cs1. The molecular weight excluding hydrogens is 488 g/mol. The van der Waals surface area contributed by atoms with Gasteiger partial charge in [-0.25, -0.2) is 4.98 Å². The number of thiazole rings is 1. The van der Waals surface area contributed by atoms with Crippen LogP contribution in [-0.2, 0) is 27.4 Å². The second kappa shape index (κ2) is 11.2. The van der Waals surface area contributed by atoms with Crippen LogP contribution in [0.1, 0.15) is 39.5 Å². The van der Waals surface area contributed by atoms with Gasteiger partial charge < -0.3 is 20.3 Å². The Hall–Kier alpha value is -3.56. The molecule has 1 saturated heterocycles. The van der Waals surface area contributed by atoms with Gasteiger partial charge in [-0.3, -0.25) is 14.4 Å². The zero-order valence-corrected chi connectivity index (χ0v) is 21.6. The molecule has 5 rings (SSSR count). The summed E-state index contributed by atoms with van der Waals surface area (Å²) in [5.41, 5.74) is 4.27. The summed E-state index contributed by atoms with van der Waals surface area (Å²) < 4.78 is 6.30. The van der Waals surface area contributed by atoms with Crippen molar-refractivity contribution >= 4 is 29.1 Å². The van der Waals surface area contributed by atoms with E-state index in [9.17, 15) is 14.4 Å². The number of ether oxygens (including phenoxy) is 1. The van der Waals surface area contributed by atoms with Crippen LogP contribution in [0, 0.1) is 6.92 Å². The maximum absolute atomic E-state index is 13.0. The highest BCUT2D eigenvalue weighted by Crippen LogP contribution is 2.24. The summed E-state index contributed by atoms with van der Waals surface area (Å²) in [6.45, 7) is 3.46. The maximum atomic E-state index is 13.0. The molecule has 0 aliphatic carbocycles. The third kappa shape index (κ3) is 6.23. The van der Waals surface area contributed by atoms with Crippen molar-refractivity contribution in [2.24, 2.45) is 0 Å². The summed E-state index contributed by atoms with van der Waals surface area (Å²) in [5.74, 6) is -0.306. The molecule has 3 heterocycles. The summed E-state index contributed by atoms with van der Waals surface area (Å²) in [7, 11) is 0. The number of aromatic nitrogens is 1. The topological polar surface area (TPSA) is 101 Å². The molecule has 0 unspecified atom stereocenters. The van der Waals surface area contributed by atoms with Gasteiger partial charge in [0.05, 0.1) is 35.9 Å². The number of aryl methyl sites for hydroxylation is 1. The number of hydrogen-bond acceptors (Lipinski definition) is 6. The molecule has 192 valence electrons. The van der Waals surface area contributed by atoms with Gasteiger partial charge >= 0.3 is 0 Å². The van der Waals surface area contributed by atoms with Crippen molar-refractivity contribution in [3.8, 4) is 11.1 Å². The molecule has 4 bridgehead atoms. The molecule has 2 aliphatic rings. The highest BCUT2D eigenvalue weighted by Gasteiger charge is 2.37. The van der Waals surface area contributed by atoms with E-state index < -0.39 is 0 Å². The van der Waals surface area contributed by atoms with Gasteiger partial charge in [-0.05, 0) is 48.2 Å². The summed E-state index contributed by atoms with van der Waals surface area (Å²) in [4.78, 5) is 44.5. The van der Waals surface area contributed by atoms with Crippen LogP contribution in [0.25, 0.3) is 11.1 Å². The number of nitrogens with one attached hydrogen (secondary N) is 2. The third-order valence-electron chi connectivity index (χ3n) is 6.68. The van der Waals surface area contributed by atoms with Gasteiger partial charge in [-0.2, -0.15) is 0 Å². The Morgan fingerprint density at radius 2 is 1.89 bits per heavy atom. The number of rotatable bonds is 2. The number of hydrogen-bond donors (Lipinski definition) is 2. The summed E-state index contributed by atoms with van der Waals surface area (Å²) in [5, 5.41) is 8.81. The predicted octanol–water partition coefficient (Wildman–Crippen LogP) is 3.10. The smallest absolute Gasteiger partial charge is 0.251 e. The van der Waals surface area contributed by atoms with Gasteiger partial charge in [-0.15, -0.1) is 11.3 Å². The van der Waals surface area contributed by atoms with Crippen molar-refractivity contribution < 1.29 is 19.1 Å². The van der Waals surface area contributed by atoms with E-state index in [0.29, 0.717) is 38.2 Å². The van der Waals surface area contributed by atoms with Gasteiger partial charge in [0.2, 0.25) is 11.8 Å². The third-order valence-corrected chi connectivity index (χ3v) is 7.50. The minimum absolute atomic E-state index is 0.0256. The van der Waals surface area contributed by atoms with Crippen LogP contribution in [-0.4, -0.2) is 59.4 Å². The van der Waals surface area contributed by atoms with E-state index in [1.165, 1.54) is 11.3 Å². The van der Waals surface area contributed by atoms with Crippen LogP contribution < -0.4 is 10.6 Å². The molecule has 0 spiro atoms. The number of carbonyl (C=O) groups excluding carboxylic acids is 3. The lowest BCUT2D eigenvalue weighted by Crippen LogP contribution is -2.44. The van der Waals surface area contributed by atoms with Gasteiger partial charge in [0, 0.05) is 37.0 Å². The Labute approximate surface area is 220 Å². The van der Waals surface area contributed by atoms with E-state index in [1.54, 1.807) is 11.0 Å². The van der Waals surface area contributed by atoms with Crippen LogP contribution in [0.4, 0.5) is 0 Å². The molecule has 2 atom stereocenters. The molecule has 3 amide bonds. The van der Waals surface area contributed by atoms with E-state index in [-0.39, 0.29) is 42.7 Å². The Morgan fingerprint density at radius 3 is 2.70 bits per heavy atom. The van der Waals surface area contributed by atoms with Gasteiger partial charge in [-0.1, -0.05) is 30.3 Å². The maximum Gasteiger partial charge on any atom is 0.251 e. The molecule has 2 N–H and O–H groups in total. The molecule has 37 heavy (non-hydrogen) atoms. The Morgan fingerprint density at radius 1 is 1.11 bits per heavy atom. The lowest BCUT2D eigenvalue weighted by Gasteiger charge is -2.20. The van der Waals surface area contributed by atoms with Crippen molar-refractivity contribution in [2.75, 3.05) is 19.6 Å². The monoisotopic (exact) mass is 518 g/mol. The first kappa shape index (κ1) is 25.1. The normalized spacial score (nSPS) is 20.5. The van der Waals surface area contributed by atoms with Crippen molar-refractivity contribution in [1.82, 2.24) is 20.5 Å². The molecule has 8 nitrogen and oxygen atoms in total. The average Bonchev–Trinajstić information content (AvgIpc) is 3.50. The largest absolute Gasteiger partial charge is 0.369 e. The number of carbonyl (C=O) groups is 3. The van der Waals surface area contributed by atoms with Crippen LogP contribution in [0.3, 0.4) is 0 Å². The number of likely N-dealkylation sites (tertiary alicyclic amines) is 1. The molecule has 1 aromatic heterocycles. The lowest BCUT2D eigenvalue weighted by molar-refractivity contribution is -0.130. The van der Waals surface area contributed by atoms with Gasteiger partial charge in [0.25, 0.3) is 5.91 Å².